The van der Waals surface area contributed by atoms with E-state index in [0.717, 1.165) is 0 Å². The molecule has 0 saturated carbocycles. The summed E-state index contributed by atoms with van der Waals surface area (Å²) in [6, 6.07) is 0. The van der Waals surface area contributed by atoms with Crippen molar-refractivity contribution in [2.24, 2.45) is 11.3 Å². The van der Waals surface area contributed by atoms with Gasteiger partial charge in [-0.1, -0.05) is 26.7 Å². The number of aliphatic carboxylic acids is 1. The Morgan fingerprint density at radius 3 is 2.00 bits per heavy atom. The van der Waals surface area contributed by atoms with E-state index >= 15 is 0 Å². The molecule has 0 rings (SSSR count). The molecule has 0 aromatic rings. The molecule has 0 aliphatic carbocycles. The minimum atomic E-state index is -1.42. The summed E-state index contributed by atoms with van der Waals surface area (Å²) in [5.74, 6) is -1.92. The van der Waals surface area contributed by atoms with E-state index in [1.807, 2.05) is 13.8 Å². The molecule has 88 valence electrons. The number of carbonyl (C=O) groups is 2. The molecule has 0 amide bonds. The molecule has 4 heteroatoms. The van der Waals surface area contributed by atoms with Crippen LogP contribution in [0.4, 0.5) is 0 Å². The highest BCUT2D eigenvalue weighted by atomic mass is 16.5. The molecule has 0 bridgehead atoms. The Kier molecular flexibility index (Phi) is 5.33. The predicted molar refractivity (Wildman–Crippen MR) is 56.4 cm³/mol. The van der Waals surface area contributed by atoms with E-state index in [0.29, 0.717) is 12.8 Å². The fourth-order valence-electron chi connectivity index (χ4n) is 1.81. The highest BCUT2D eigenvalue weighted by molar-refractivity contribution is 5.99. The van der Waals surface area contributed by atoms with Crippen LogP contribution in [-0.4, -0.2) is 23.7 Å². The molecular weight excluding hydrogens is 196 g/mol. The summed E-state index contributed by atoms with van der Waals surface area (Å²) < 4.78 is 4.83. The van der Waals surface area contributed by atoms with Crippen LogP contribution in [0.15, 0.2) is 0 Å². The maximum Gasteiger partial charge on any atom is 0.323 e. The van der Waals surface area contributed by atoms with Crippen molar-refractivity contribution in [3.05, 3.63) is 0 Å². The zero-order valence-electron chi connectivity index (χ0n) is 9.87. The van der Waals surface area contributed by atoms with Gasteiger partial charge in [-0.15, -0.1) is 0 Å². The van der Waals surface area contributed by atoms with Gasteiger partial charge in [-0.2, -0.15) is 0 Å². The lowest BCUT2D eigenvalue weighted by molar-refractivity contribution is -0.172. The van der Waals surface area contributed by atoms with Crippen LogP contribution in [0.5, 0.6) is 0 Å². The van der Waals surface area contributed by atoms with Crippen molar-refractivity contribution in [2.75, 3.05) is 6.61 Å². The number of rotatable bonds is 6. The summed E-state index contributed by atoms with van der Waals surface area (Å²) in [6.07, 6.45) is 1.30. The minimum absolute atomic E-state index is 0.186. The minimum Gasteiger partial charge on any atom is -0.480 e. The molecule has 1 unspecified atom stereocenters. The lowest BCUT2D eigenvalue weighted by Gasteiger charge is -2.30. The molecule has 4 nitrogen and oxygen atoms in total. The molecule has 1 N–H and O–H groups in total. The van der Waals surface area contributed by atoms with E-state index in [9.17, 15) is 9.59 Å². The van der Waals surface area contributed by atoms with Crippen LogP contribution in [0, 0.1) is 11.3 Å². The van der Waals surface area contributed by atoms with Crippen LogP contribution in [0.1, 0.15) is 40.5 Å². The Hall–Kier alpha value is -1.06. The molecule has 0 aliphatic heterocycles. The third-order valence-corrected chi connectivity index (χ3v) is 2.95. The third kappa shape index (κ3) is 2.70. The van der Waals surface area contributed by atoms with Crippen molar-refractivity contribution < 1.29 is 19.4 Å². The first-order valence-corrected chi connectivity index (χ1v) is 5.35. The molecule has 1 atom stereocenters. The van der Waals surface area contributed by atoms with E-state index in [-0.39, 0.29) is 12.5 Å². The summed E-state index contributed by atoms with van der Waals surface area (Å²) in [5, 5.41) is 9.16. The molecule has 0 aromatic heterocycles. The van der Waals surface area contributed by atoms with Crippen molar-refractivity contribution >= 4 is 11.9 Å². The monoisotopic (exact) mass is 216 g/mol. The summed E-state index contributed by atoms with van der Waals surface area (Å²) in [4.78, 5) is 22.9. The standard InChI is InChI=1S/C11H20O4/c1-5-8(6-2)11(4,9(12)13)10(14)15-7-3/h8H,5-7H2,1-4H3,(H,12,13). The summed E-state index contributed by atoms with van der Waals surface area (Å²) in [5.41, 5.74) is -1.42. The Balaban J connectivity index is 5.03. The molecule has 0 heterocycles. The Morgan fingerprint density at radius 2 is 1.73 bits per heavy atom. The zero-order chi connectivity index (χ0) is 12.1. The van der Waals surface area contributed by atoms with Gasteiger partial charge in [-0.3, -0.25) is 9.59 Å². The van der Waals surface area contributed by atoms with Gasteiger partial charge in [0.15, 0.2) is 5.41 Å². The Bertz CT molecular complexity index is 233. The molecular formula is C11H20O4. The SMILES string of the molecule is CCOC(=O)C(C)(C(=O)O)C(CC)CC. The molecule has 0 spiro atoms. The van der Waals surface area contributed by atoms with Crippen LogP contribution >= 0.6 is 0 Å². The summed E-state index contributed by atoms with van der Waals surface area (Å²) >= 11 is 0. The van der Waals surface area contributed by atoms with Crippen molar-refractivity contribution in [1.82, 2.24) is 0 Å². The largest absolute Gasteiger partial charge is 0.480 e. The first-order chi connectivity index (χ1) is 6.94. The smallest absolute Gasteiger partial charge is 0.323 e. The van der Waals surface area contributed by atoms with Gasteiger partial charge in [-0.25, -0.2) is 0 Å². The molecule has 0 aliphatic rings. The van der Waals surface area contributed by atoms with Crippen LogP contribution in [0.3, 0.4) is 0 Å². The molecule has 0 radical (unpaired) electrons. The van der Waals surface area contributed by atoms with Crippen LogP contribution in [0.2, 0.25) is 0 Å². The lowest BCUT2D eigenvalue weighted by atomic mass is 9.74. The highest BCUT2D eigenvalue weighted by Gasteiger charge is 2.48. The zero-order valence-corrected chi connectivity index (χ0v) is 9.87. The van der Waals surface area contributed by atoms with Gasteiger partial charge in [0.25, 0.3) is 0 Å². The Labute approximate surface area is 90.6 Å². The van der Waals surface area contributed by atoms with Gasteiger partial charge < -0.3 is 9.84 Å². The second-order valence-electron chi connectivity index (χ2n) is 3.74. The van der Waals surface area contributed by atoms with Crippen molar-refractivity contribution in [2.45, 2.75) is 40.5 Å². The first-order valence-electron chi connectivity index (χ1n) is 5.35. The van der Waals surface area contributed by atoms with E-state index in [4.69, 9.17) is 9.84 Å². The maximum absolute atomic E-state index is 11.7. The van der Waals surface area contributed by atoms with Crippen molar-refractivity contribution in [1.29, 1.82) is 0 Å². The topological polar surface area (TPSA) is 63.6 Å². The predicted octanol–water partition coefficient (Wildman–Crippen LogP) is 2.08. The molecule has 0 fully saturated rings. The van der Waals surface area contributed by atoms with Crippen LogP contribution < -0.4 is 0 Å². The van der Waals surface area contributed by atoms with Crippen molar-refractivity contribution in [3.63, 3.8) is 0 Å². The molecule has 0 saturated heterocycles. The van der Waals surface area contributed by atoms with Crippen molar-refractivity contribution in [3.8, 4) is 0 Å². The number of carbonyl (C=O) groups excluding carboxylic acids is 1. The second kappa shape index (κ2) is 5.73. The van der Waals surface area contributed by atoms with E-state index in [2.05, 4.69) is 0 Å². The van der Waals surface area contributed by atoms with E-state index in [1.165, 1.54) is 6.92 Å². The Morgan fingerprint density at radius 1 is 1.27 bits per heavy atom. The first kappa shape index (κ1) is 13.9. The van der Waals surface area contributed by atoms with Crippen LogP contribution in [-0.2, 0) is 14.3 Å². The fraction of sp³-hybridized carbons (Fsp3) is 0.818. The number of hydrogen-bond donors (Lipinski definition) is 1. The molecule has 0 aromatic carbocycles. The van der Waals surface area contributed by atoms with Gasteiger partial charge >= 0.3 is 11.9 Å². The number of esters is 1. The second-order valence-corrected chi connectivity index (χ2v) is 3.74. The van der Waals surface area contributed by atoms with Gasteiger partial charge in [0.1, 0.15) is 0 Å². The normalized spacial score (nSPS) is 14.7. The maximum atomic E-state index is 11.7. The number of hydrogen-bond acceptors (Lipinski definition) is 3. The van der Waals surface area contributed by atoms with Gasteiger partial charge in [0, 0.05) is 0 Å². The number of carboxylic acid groups (broad SMARTS) is 1. The quantitative estimate of drug-likeness (QED) is 0.545. The van der Waals surface area contributed by atoms with Gasteiger partial charge in [-0.05, 0) is 19.8 Å². The highest BCUT2D eigenvalue weighted by Crippen LogP contribution is 2.34. The third-order valence-electron chi connectivity index (χ3n) is 2.95. The van der Waals surface area contributed by atoms with E-state index in [1.54, 1.807) is 6.92 Å². The average Bonchev–Trinajstić information content (AvgIpc) is 2.19. The van der Waals surface area contributed by atoms with E-state index < -0.39 is 17.4 Å². The van der Waals surface area contributed by atoms with Gasteiger partial charge in [0.05, 0.1) is 6.61 Å². The van der Waals surface area contributed by atoms with Gasteiger partial charge in [0.2, 0.25) is 0 Å². The number of carboxylic acids is 1. The molecule has 15 heavy (non-hydrogen) atoms. The fourth-order valence-corrected chi connectivity index (χ4v) is 1.81. The summed E-state index contributed by atoms with van der Waals surface area (Å²) in [6.45, 7) is 7.10. The lowest BCUT2D eigenvalue weighted by Crippen LogP contribution is -2.44. The average molecular weight is 216 g/mol. The van der Waals surface area contributed by atoms with Crippen LogP contribution in [0.25, 0.3) is 0 Å². The summed E-state index contributed by atoms with van der Waals surface area (Å²) in [7, 11) is 0. The number of ether oxygens (including phenoxy) is 1.